The van der Waals surface area contributed by atoms with Gasteiger partial charge < -0.3 is 34.6 Å². The first kappa shape index (κ1) is 35.6. The standard InChI is InChI=1S/C44H52N8O4/c1-27-7-9-29(20-33(27)40(53)45-3)47-39-38-36(46-26-51(38)30-10-11-30)23-35(48-39)28-8-12-34-37(19-28)52(32-21-31(22-32)49-15-5-4-6-16-49)42(55)44(34)13-17-50(18-14-44)41(54)43(2)24-56-25-43/h7-9,12,19-20,23,26,30-32H,4-6,10-11,13-18,21-22,24-25H2,1-3H3,(H,45,53)(H,47,48). The van der Waals surface area contributed by atoms with Gasteiger partial charge in [0, 0.05) is 60.8 Å². The predicted octanol–water partition coefficient (Wildman–Crippen LogP) is 6.11. The number of likely N-dealkylation sites (tertiary alicyclic amines) is 2. The van der Waals surface area contributed by atoms with Crippen molar-refractivity contribution < 1.29 is 19.1 Å². The van der Waals surface area contributed by atoms with Gasteiger partial charge in [-0.2, -0.15) is 0 Å². The lowest BCUT2D eigenvalue weighted by Crippen LogP contribution is -2.59. The Hall–Kier alpha value is -4.81. The van der Waals surface area contributed by atoms with Gasteiger partial charge >= 0.3 is 0 Å². The van der Waals surface area contributed by atoms with E-state index in [0.717, 1.165) is 83.6 Å². The number of benzene rings is 2. The molecule has 292 valence electrons. The molecule has 0 atom stereocenters. The second-order valence-corrected chi connectivity index (χ2v) is 17.6. The molecule has 2 saturated carbocycles. The first-order valence-corrected chi connectivity index (χ1v) is 20.7. The van der Waals surface area contributed by atoms with Gasteiger partial charge in [0.15, 0.2) is 5.82 Å². The fourth-order valence-corrected chi connectivity index (χ4v) is 10.1. The largest absolute Gasteiger partial charge is 0.379 e. The molecule has 5 fully saturated rings. The molecule has 2 N–H and O–H groups in total. The zero-order valence-electron chi connectivity index (χ0n) is 32.8. The highest BCUT2D eigenvalue weighted by Gasteiger charge is 2.57. The Balaban J connectivity index is 1.01. The van der Waals surface area contributed by atoms with E-state index in [9.17, 15) is 14.4 Å². The average Bonchev–Trinajstić information content (AvgIpc) is 3.91. The van der Waals surface area contributed by atoms with Crippen molar-refractivity contribution in [1.29, 1.82) is 0 Å². The van der Waals surface area contributed by atoms with Crippen molar-refractivity contribution in [2.45, 2.75) is 95.2 Å². The van der Waals surface area contributed by atoms with Crippen molar-refractivity contribution in [2.75, 3.05) is 56.7 Å². The number of pyridine rings is 1. The maximum absolute atomic E-state index is 15.0. The third kappa shape index (κ3) is 5.73. The lowest BCUT2D eigenvalue weighted by Gasteiger charge is -2.48. The summed E-state index contributed by atoms with van der Waals surface area (Å²) in [6.07, 6.45) is 11.2. The van der Waals surface area contributed by atoms with E-state index in [-0.39, 0.29) is 23.8 Å². The lowest BCUT2D eigenvalue weighted by molar-refractivity contribution is -0.170. The molecule has 4 aromatic rings. The van der Waals surface area contributed by atoms with E-state index >= 15 is 0 Å². The van der Waals surface area contributed by atoms with Gasteiger partial charge in [-0.15, -0.1) is 0 Å². The minimum atomic E-state index is -0.654. The van der Waals surface area contributed by atoms with Crippen LogP contribution < -0.4 is 15.5 Å². The van der Waals surface area contributed by atoms with Crippen LogP contribution >= 0.6 is 0 Å². The van der Waals surface area contributed by atoms with E-state index in [1.54, 1.807) is 7.05 Å². The monoisotopic (exact) mass is 756 g/mol. The number of carbonyl (C=O) groups excluding carboxylic acids is 3. The summed E-state index contributed by atoms with van der Waals surface area (Å²) in [5.74, 6) is 0.886. The molecule has 0 bridgehead atoms. The smallest absolute Gasteiger partial charge is 0.251 e. The number of nitrogens with zero attached hydrogens (tertiary/aromatic N) is 6. The number of rotatable bonds is 8. The Labute approximate surface area is 328 Å². The molecule has 3 saturated heterocycles. The predicted molar refractivity (Wildman–Crippen MR) is 215 cm³/mol. The molecule has 3 amide bonds. The van der Waals surface area contributed by atoms with Gasteiger partial charge in [0.1, 0.15) is 5.52 Å². The normalized spacial score (nSPS) is 24.2. The Morgan fingerprint density at radius 1 is 0.911 bits per heavy atom. The van der Waals surface area contributed by atoms with E-state index in [1.165, 1.54) is 19.3 Å². The quantitative estimate of drug-likeness (QED) is 0.221. The zero-order valence-corrected chi connectivity index (χ0v) is 32.8. The van der Waals surface area contributed by atoms with Crippen molar-refractivity contribution in [3.63, 3.8) is 0 Å². The van der Waals surface area contributed by atoms with Crippen LogP contribution in [-0.2, 0) is 19.7 Å². The molecule has 56 heavy (non-hydrogen) atoms. The van der Waals surface area contributed by atoms with E-state index in [4.69, 9.17) is 14.7 Å². The number of aryl methyl sites for hydroxylation is 1. The van der Waals surface area contributed by atoms with E-state index in [1.807, 2.05) is 43.3 Å². The van der Waals surface area contributed by atoms with Crippen LogP contribution in [0.1, 0.15) is 92.2 Å². The summed E-state index contributed by atoms with van der Waals surface area (Å²) >= 11 is 0. The lowest BCUT2D eigenvalue weighted by atomic mass is 9.72. The van der Waals surface area contributed by atoms with Crippen LogP contribution in [0, 0.1) is 12.3 Å². The molecule has 12 heteroatoms. The Morgan fingerprint density at radius 2 is 1.68 bits per heavy atom. The van der Waals surface area contributed by atoms with Crippen molar-refractivity contribution in [3.8, 4) is 11.3 Å². The summed E-state index contributed by atoms with van der Waals surface area (Å²) < 4.78 is 7.64. The number of aromatic nitrogens is 3. The third-order valence-corrected chi connectivity index (χ3v) is 13.8. The fourth-order valence-electron chi connectivity index (χ4n) is 10.1. The number of nitrogens with one attached hydrogen (secondary N) is 2. The number of imidazole rings is 1. The maximum Gasteiger partial charge on any atom is 0.251 e. The summed E-state index contributed by atoms with van der Waals surface area (Å²) in [5, 5.41) is 6.33. The molecule has 2 aromatic heterocycles. The zero-order chi connectivity index (χ0) is 38.3. The molecule has 6 heterocycles. The minimum Gasteiger partial charge on any atom is -0.379 e. The van der Waals surface area contributed by atoms with Crippen LogP contribution in [0.3, 0.4) is 0 Å². The van der Waals surface area contributed by atoms with Crippen LogP contribution in [0.4, 0.5) is 17.2 Å². The number of hydrogen-bond donors (Lipinski definition) is 2. The van der Waals surface area contributed by atoms with Crippen LogP contribution in [0.15, 0.2) is 48.8 Å². The molecular formula is C44H52N8O4. The van der Waals surface area contributed by atoms with E-state index in [2.05, 4.69) is 49.3 Å². The number of piperidine rings is 2. The fraction of sp³-hybridized carbons (Fsp3) is 0.523. The number of ether oxygens (including phenoxy) is 1. The van der Waals surface area contributed by atoms with Gasteiger partial charge in [-0.3, -0.25) is 14.4 Å². The van der Waals surface area contributed by atoms with Crippen molar-refractivity contribution in [3.05, 3.63) is 65.5 Å². The summed E-state index contributed by atoms with van der Waals surface area (Å²) in [5.41, 5.74) is 6.72. The summed E-state index contributed by atoms with van der Waals surface area (Å²) in [6.45, 7) is 8.29. The van der Waals surface area contributed by atoms with E-state index in [0.29, 0.717) is 62.6 Å². The molecule has 0 radical (unpaired) electrons. The van der Waals surface area contributed by atoms with Crippen LogP contribution in [0.25, 0.3) is 22.3 Å². The van der Waals surface area contributed by atoms with Crippen molar-refractivity contribution in [1.82, 2.24) is 29.7 Å². The number of hydrogen-bond acceptors (Lipinski definition) is 8. The highest BCUT2D eigenvalue weighted by Crippen LogP contribution is 2.52. The third-order valence-electron chi connectivity index (χ3n) is 13.8. The second-order valence-electron chi connectivity index (χ2n) is 17.6. The molecule has 12 nitrogen and oxygen atoms in total. The number of amides is 3. The van der Waals surface area contributed by atoms with Crippen LogP contribution in [-0.4, -0.2) is 101 Å². The average molecular weight is 757 g/mol. The number of anilines is 3. The van der Waals surface area contributed by atoms with Gasteiger partial charge in [0.25, 0.3) is 5.91 Å². The van der Waals surface area contributed by atoms with Gasteiger partial charge in [-0.25, -0.2) is 9.97 Å². The van der Waals surface area contributed by atoms with Gasteiger partial charge in [-0.05, 0) is 114 Å². The highest BCUT2D eigenvalue weighted by molar-refractivity contribution is 6.09. The number of carbonyl (C=O) groups is 3. The minimum absolute atomic E-state index is 0.135. The van der Waals surface area contributed by atoms with Gasteiger partial charge in [0.05, 0.1) is 41.6 Å². The van der Waals surface area contributed by atoms with Crippen LogP contribution in [0.2, 0.25) is 0 Å². The molecular weight excluding hydrogens is 705 g/mol. The summed E-state index contributed by atoms with van der Waals surface area (Å²) in [7, 11) is 1.64. The van der Waals surface area contributed by atoms with Crippen molar-refractivity contribution >= 4 is 45.9 Å². The first-order valence-electron chi connectivity index (χ1n) is 20.7. The Bertz CT molecular complexity index is 2240. The molecule has 10 rings (SSSR count). The molecule has 1 spiro atoms. The topological polar surface area (TPSA) is 125 Å². The maximum atomic E-state index is 15.0. The van der Waals surface area contributed by atoms with Gasteiger partial charge in [-0.1, -0.05) is 24.6 Å². The molecule has 2 aromatic carbocycles. The number of fused-ring (bicyclic) bond motifs is 3. The van der Waals surface area contributed by atoms with Gasteiger partial charge in [0.2, 0.25) is 11.8 Å². The molecule has 2 aliphatic carbocycles. The van der Waals surface area contributed by atoms with Crippen molar-refractivity contribution in [2.24, 2.45) is 5.41 Å². The SMILES string of the molecule is CNC(=O)c1cc(Nc2nc(-c3ccc4c(c3)N(C3CC(N5CCCCC5)C3)C(=O)C43CCN(C(=O)C4(C)COC4)CC3)cc3ncn(C4CC4)c23)ccc1C. The second kappa shape index (κ2) is 13.4. The summed E-state index contributed by atoms with van der Waals surface area (Å²) in [6, 6.07) is 15.4. The molecule has 6 aliphatic rings. The molecule has 4 aliphatic heterocycles. The highest BCUT2D eigenvalue weighted by atomic mass is 16.5. The summed E-state index contributed by atoms with van der Waals surface area (Å²) in [4.78, 5) is 58.1. The van der Waals surface area contributed by atoms with Crippen LogP contribution in [0.5, 0.6) is 0 Å². The first-order chi connectivity index (χ1) is 27.2. The molecule has 0 unspecified atom stereocenters. The Morgan fingerprint density at radius 3 is 2.38 bits per heavy atom. The Kier molecular flexibility index (Phi) is 8.52. The van der Waals surface area contributed by atoms with E-state index < -0.39 is 10.8 Å².